The predicted molar refractivity (Wildman–Crippen MR) is 187 cm³/mol. The first-order chi connectivity index (χ1) is 23.8. The van der Waals surface area contributed by atoms with Gasteiger partial charge in [0.25, 0.3) is 0 Å². The van der Waals surface area contributed by atoms with Crippen LogP contribution in [-0.4, -0.2) is 14.2 Å². The fraction of sp³-hybridized carbons (Fsp3) is 0.100. The van der Waals surface area contributed by atoms with Gasteiger partial charge in [-0.05, 0) is 87.5 Å². The van der Waals surface area contributed by atoms with E-state index in [0.717, 1.165) is 46.0 Å². The van der Waals surface area contributed by atoms with Crippen LogP contribution < -0.4 is 9.47 Å². The van der Waals surface area contributed by atoms with Gasteiger partial charge in [0, 0.05) is 26.7 Å². The lowest BCUT2D eigenvalue weighted by atomic mass is 9.92. The number of hydrogen-bond donors (Lipinski definition) is 0. The maximum Gasteiger partial charge on any atom is 0.417 e. The number of alkyl halides is 6. The second-order valence-corrected chi connectivity index (χ2v) is 12.2. The lowest BCUT2D eigenvalue weighted by Crippen LogP contribution is -2.08. The van der Waals surface area contributed by atoms with E-state index in [9.17, 15) is 26.3 Å². The molecule has 6 aromatic carbocycles. The molecule has 0 aliphatic rings. The van der Waals surface area contributed by atoms with Gasteiger partial charge in [-0.2, -0.15) is 26.3 Å². The highest BCUT2D eigenvalue weighted by atomic mass is 35.5. The summed E-state index contributed by atoms with van der Waals surface area (Å²) in [6.45, 7) is 0. The summed E-state index contributed by atoms with van der Waals surface area (Å²) in [5.41, 5.74) is 2.69. The minimum Gasteiger partial charge on any atom is -0.496 e. The van der Waals surface area contributed by atoms with Crippen LogP contribution in [0.15, 0.2) is 121 Å². The Morgan fingerprint density at radius 3 is 1.48 bits per heavy atom. The van der Waals surface area contributed by atoms with Gasteiger partial charge in [0.05, 0.1) is 25.3 Å². The topological polar surface area (TPSA) is 18.5 Å². The summed E-state index contributed by atoms with van der Waals surface area (Å²) < 4.78 is 94.2. The third-order valence-electron chi connectivity index (χ3n) is 8.29. The van der Waals surface area contributed by atoms with Crippen molar-refractivity contribution in [1.82, 2.24) is 0 Å². The Balaban J connectivity index is 1.34. The van der Waals surface area contributed by atoms with E-state index in [1.165, 1.54) is 25.3 Å². The largest absolute Gasteiger partial charge is 0.496 e. The summed E-state index contributed by atoms with van der Waals surface area (Å²) in [6, 6.07) is 31.1. The molecule has 6 aromatic rings. The molecule has 10 heteroatoms. The predicted octanol–water partition coefficient (Wildman–Crippen LogP) is 13.4. The van der Waals surface area contributed by atoms with Crippen LogP contribution in [0.25, 0.3) is 55.6 Å². The molecule has 0 radical (unpaired) electrons. The summed E-state index contributed by atoms with van der Waals surface area (Å²) in [5, 5.41) is 1.13. The maximum absolute atomic E-state index is 14.3. The molecule has 2 nitrogen and oxygen atoms in total. The van der Waals surface area contributed by atoms with E-state index in [2.05, 4.69) is 0 Å². The molecule has 254 valence electrons. The molecule has 0 saturated carbocycles. The molecule has 0 aromatic heterocycles. The first-order valence-corrected chi connectivity index (χ1v) is 15.8. The second kappa shape index (κ2) is 13.8. The van der Waals surface area contributed by atoms with Crippen molar-refractivity contribution in [3.8, 4) is 67.1 Å². The van der Waals surface area contributed by atoms with Gasteiger partial charge in [-0.25, -0.2) is 0 Å². The van der Waals surface area contributed by atoms with Gasteiger partial charge >= 0.3 is 12.4 Å². The molecule has 0 atom stereocenters. The Bertz CT molecular complexity index is 2210. The number of ether oxygens (including phenoxy) is 2. The van der Waals surface area contributed by atoms with E-state index in [1.807, 2.05) is 54.6 Å². The van der Waals surface area contributed by atoms with E-state index >= 15 is 0 Å². The van der Waals surface area contributed by atoms with Crippen molar-refractivity contribution >= 4 is 23.2 Å². The number of hydrogen-bond acceptors (Lipinski definition) is 2. The van der Waals surface area contributed by atoms with Crippen molar-refractivity contribution in [2.75, 3.05) is 14.2 Å². The first kappa shape index (κ1) is 34.9. The van der Waals surface area contributed by atoms with Gasteiger partial charge < -0.3 is 9.47 Å². The quantitative estimate of drug-likeness (QED) is 0.153. The maximum atomic E-state index is 14.3. The van der Waals surface area contributed by atoms with E-state index < -0.39 is 23.5 Å². The van der Waals surface area contributed by atoms with Crippen LogP contribution in [0, 0.1) is 0 Å². The minimum absolute atomic E-state index is 0.191. The molecule has 0 saturated heterocycles. The molecule has 0 amide bonds. The van der Waals surface area contributed by atoms with Gasteiger partial charge in [-0.15, -0.1) is 0 Å². The number of rotatable bonds is 7. The van der Waals surface area contributed by atoms with Crippen LogP contribution >= 0.6 is 23.2 Å². The standard InChI is InChI=1S/C40H26Cl2F6O2/c1-49-37-21-24(23-9-13-31(35(19-23)40(46,47)48)25-5-3-7-29(17-25)39(43,44)45)10-15-34(37)28-12-16-33(38(22-28)50-2)27-11-14-32(36(42)20-27)26-6-4-8-30(41)18-26/h3-22H,1-2H3. The van der Waals surface area contributed by atoms with Gasteiger partial charge in [0.15, 0.2) is 0 Å². The monoisotopic (exact) mass is 722 g/mol. The van der Waals surface area contributed by atoms with E-state index in [4.69, 9.17) is 32.7 Å². The van der Waals surface area contributed by atoms with Crippen LogP contribution in [0.4, 0.5) is 26.3 Å². The molecule has 0 bridgehead atoms. The zero-order valence-electron chi connectivity index (χ0n) is 26.4. The second-order valence-electron chi connectivity index (χ2n) is 11.4. The van der Waals surface area contributed by atoms with Crippen LogP contribution in [0.5, 0.6) is 11.5 Å². The summed E-state index contributed by atoms with van der Waals surface area (Å²) in [7, 11) is 3.00. The smallest absolute Gasteiger partial charge is 0.417 e. The Morgan fingerprint density at radius 2 is 0.920 bits per heavy atom. The fourth-order valence-electron chi connectivity index (χ4n) is 5.85. The molecular formula is C40H26Cl2F6O2. The summed E-state index contributed by atoms with van der Waals surface area (Å²) in [5.74, 6) is 0.946. The van der Waals surface area contributed by atoms with Crippen molar-refractivity contribution in [2.45, 2.75) is 12.4 Å². The SMILES string of the molecule is COc1cc(-c2ccc(-c3cccc(C(F)(F)F)c3)c(C(F)(F)F)c2)ccc1-c1ccc(-c2ccc(-c3cccc(Cl)c3)c(Cl)c2)c(OC)c1. The lowest BCUT2D eigenvalue weighted by molar-refractivity contribution is -0.137. The van der Waals surface area contributed by atoms with Crippen LogP contribution in [0.3, 0.4) is 0 Å². The lowest BCUT2D eigenvalue weighted by Gasteiger charge is -2.17. The van der Waals surface area contributed by atoms with Crippen molar-refractivity contribution in [3.63, 3.8) is 0 Å². The van der Waals surface area contributed by atoms with Crippen molar-refractivity contribution < 1.29 is 35.8 Å². The third-order valence-corrected chi connectivity index (χ3v) is 8.84. The Hall–Kier alpha value is -4.92. The normalized spacial score (nSPS) is 11.8. The summed E-state index contributed by atoms with van der Waals surface area (Å²) in [6.07, 6.45) is -9.53. The number of halogens is 8. The van der Waals surface area contributed by atoms with Crippen molar-refractivity contribution in [1.29, 1.82) is 0 Å². The molecule has 0 aliphatic carbocycles. The molecule has 0 heterocycles. The number of benzene rings is 6. The Labute approximate surface area is 294 Å². The molecule has 0 spiro atoms. The highest BCUT2D eigenvalue weighted by molar-refractivity contribution is 6.34. The third kappa shape index (κ3) is 7.18. The van der Waals surface area contributed by atoms with Crippen molar-refractivity contribution in [2.24, 2.45) is 0 Å². The van der Waals surface area contributed by atoms with Gasteiger partial charge in [0.2, 0.25) is 0 Å². The molecule has 0 aliphatic heterocycles. The van der Waals surface area contributed by atoms with Gasteiger partial charge in [0.1, 0.15) is 11.5 Å². The summed E-state index contributed by atoms with van der Waals surface area (Å²) >= 11 is 12.9. The van der Waals surface area contributed by atoms with Crippen LogP contribution in [0.1, 0.15) is 11.1 Å². The van der Waals surface area contributed by atoms with Crippen molar-refractivity contribution in [3.05, 3.63) is 142 Å². The Morgan fingerprint density at radius 1 is 0.440 bits per heavy atom. The first-order valence-electron chi connectivity index (χ1n) is 15.1. The average molecular weight is 724 g/mol. The summed E-state index contributed by atoms with van der Waals surface area (Å²) in [4.78, 5) is 0. The Kier molecular flexibility index (Phi) is 9.62. The van der Waals surface area contributed by atoms with Gasteiger partial charge in [-0.3, -0.25) is 0 Å². The van der Waals surface area contributed by atoms with E-state index in [0.29, 0.717) is 38.7 Å². The zero-order chi connectivity index (χ0) is 35.8. The number of methoxy groups -OCH3 is 2. The molecule has 0 fully saturated rings. The molecular weight excluding hydrogens is 697 g/mol. The fourth-order valence-corrected chi connectivity index (χ4v) is 6.33. The highest BCUT2D eigenvalue weighted by Gasteiger charge is 2.35. The van der Waals surface area contributed by atoms with Crippen LogP contribution in [0.2, 0.25) is 10.0 Å². The van der Waals surface area contributed by atoms with Crippen LogP contribution in [-0.2, 0) is 12.4 Å². The molecule has 6 rings (SSSR count). The molecule has 0 unspecified atom stereocenters. The van der Waals surface area contributed by atoms with Gasteiger partial charge in [-0.1, -0.05) is 96.0 Å². The zero-order valence-corrected chi connectivity index (χ0v) is 27.9. The highest BCUT2D eigenvalue weighted by Crippen LogP contribution is 2.44. The van der Waals surface area contributed by atoms with E-state index in [1.54, 1.807) is 31.4 Å². The average Bonchev–Trinajstić information content (AvgIpc) is 3.10. The molecule has 0 N–H and O–H groups in total. The van der Waals surface area contributed by atoms with E-state index in [-0.39, 0.29) is 16.7 Å². The minimum atomic E-state index is -4.83. The molecule has 50 heavy (non-hydrogen) atoms.